The van der Waals surface area contributed by atoms with Crippen LogP contribution in [0.4, 0.5) is 4.39 Å². The molecule has 0 bridgehead atoms. The molecule has 0 unspecified atom stereocenters. The van der Waals surface area contributed by atoms with Crippen LogP contribution in [-0.2, 0) is 0 Å². The second-order valence-corrected chi connectivity index (χ2v) is 3.81. The van der Waals surface area contributed by atoms with E-state index in [0.717, 1.165) is 16.7 Å². The molecule has 1 heteroatoms. The average Bonchev–Trinajstić information content (AvgIpc) is 2.29. The Balaban J connectivity index is 2.66. The maximum Gasteiger partial charge on any atom is 0.131 e. The molecule has 0 amide bonds. The molecule has 0 N–H and O–H groups in total. The molecule has 0 saturated heterocycles. The van der Waals surface area contributed by atoms with Crippen molar-refractivity contribution in [1.82, 2.24) is 0 Å². The van der Waals surface area contributed by atoms with Crippen molar-refractivity contribution in [1.29, 1.82) is 0 Å². The molecule has 0 spiro atoms. The Kier molecular flexibility index (Phi) is 2.86. The molecule has 0 aliphatic rings. The number of benzene rings is 2. The predicted molar refractivity (Wildman–Crippen MR) is 66.5 cm³/mol. The number of hydrogen-bond donors (Lipinski definition) is 0. The second-order valence-electron chi connectivity index (χ2n) is 3.81. The van der Waals surface area contributed by atoms with Crippen LogP contribution in [0.1, 0.15) is 12.5 Å². The van der Waals surface area contributed by atoms with Gasteiger partial charge in [0.2, 0.25) is 0 Å². The smallest absolute Gasteiger partial charge is 0.131 e. The molecule has 0 saturated carbocycles. The van der Waals surface area contributed by atoms with Gasteiger partial charge in [-0.2, -0.15) is 0 Å². The van der Waals surface area contributed by atoms with Gasteiger partial charge in [-0.15, -0.1) is 0 Å². The average molecular weight is 212 g/mol. The summed E-state index contributed by atoms with van der Waals surface area (Å²) < 4.78 is 13.7. The minimum atomic E-state index is -0.214. The van der Waals surface area contributed by atoms with E-state index in [1.165, 1.54) is 6.07 Å². The summed E-state index contributed by atoms with van der Waals surface area (Å²) in [6.07, 6.45) is 0. The van der Waals surface area contributed by atoms with E-state index in [9.17, 15) is 4.39 Å². The van der Waals surface area contributed by atoms with Crippen molar-refractivity contribution in [2.75, 3.05) is 0 Å². The summed E-state index contributed by atoms with van der Waals surface area (Å²) in [5.41, 5.74) is 3.26. The second kappa shape index (κ2) is 4.31. The van der Waals surface area contributed by atoms with Gasteiger partial charge in [-0.1, -0.05) is 49.0 Å². The van der Waals surface area contributed by atoms with Crippen LogP contribution in [0.2, 0.25) is 0 Å². The fourth-order valence-electron chi connectivity index (χ4n) is 1.82. The molecule has 2 rings (SSSR count). The Hall–Kier alpha value is -1.89. The molecule has 0 radical (unpaired) electrons. The van der Waals surface area contributed by atoms with Crippen molar-refractivity contribution in [3.05, 3.63) is 66.5 Å². The molecule has 16 heavy (non-hydrogen) atoms. The van der Waals surface area contributed by atoms with Crippen LogP contribution < -0.4 is 0 Å². The Labute approximate surface area is 95.1 Å². The zero-order valence-corrected chi connectivity index (χ0v) is 9.20. The van der Waals surface area contributed by atoms with E-state index in [1.807, 2.05) is 43.3 Å². The van der Waals surface area contributed by atoms with Gasteiger partial charge in [0.15, 0.2) is 0 Å². The highest BCUT2D eigenvalue weighted by molar-refractivity contribution is 5.80. The van der Waals surface area contributed by atoms with Crippen LogP contribution >= 0.6 is 0 Å². The van der Waals surface area contributed by atoms with E-state index in [-0.39, 0.29) is 5.82 Å². The fourth-order valence-corrected chi connectivity index (χ4v) is 1.82. The molecular formula is C15H13F. The van der Waals surface area contributed by atoms with Gasteiger partial charge in [-0.05, 0) is 29.7 Å². The maximum absolute atomic E-state index is 13.7. The standard InChI is InChI=1S/C15H13F/c1-11(2)15-13(9-6-10-14(15)16)12-7-4-3-5-8-12/h3-10H,1H2,2H3. The lowest BCUT2D eigenvalue weighted by molar-refractivity contribution is 0.624. The van der Waals surface area contributed by atoms with Crippen LogP contribution in [0.3, 0.4) is 0 Å². The van der Waals surface area contributed by atoms with Crippen LogP contribution in [0, 0.1) is 5.82 Å². The van der Waals surface area contributed by atoms with Gasteiger partial charge < -0.3 is 0 Å². The summed E-state index contributed by atoms with van der Waals surface area (Å²) in [5, 5.41) is 0. The van der Waals surface area contributed by atoms with Crippen molar-refractivity contribution in [3.8, 4) is 11.1 Å². The van der Waals surface area contributed by atoms with Gasteiger partial charge in [-0.3, -0.25) is 0 Å². The Morgan fingerprint density at radius 2 is 1.69 bits per heavy atom. The highest BCUT2D eigenvalue weighted by Gasteiger charge is 2.09. The zero-order chi connectivity index (χ0) is 11.5. The Bertz CT molecular complexity index is 512. The molecular weight excluding hydrogens is 199 g/mol. The summed E-state index contributed by atoms with van der Waals surface area (Å²) >= 11 is 0. The minimum Gasteiger partial charge on any atom is -0.206 e. The van der Waals surface area contributed by atoms with Gasteiger partial charge in [0.1, 0.15) is 5.82 Å². The highest BCUT2D eigenvalue weighted by atomic mass is 19.1. The minimum absolute atomic E-state index is 0.214. The van der Waals surface area contributed by atoms with Gasteiger partial charge >= 0.3 is 0 Å². The number of hydrogen-bond acceptors (Lipinski definition) is 0. The van der Waals surface area contributed by atoms with E-state index >= 15 is 0 Å². The van der Waals surface area contributed by atoms with Gasteiger partial charge in [0, 0.05) is 5.56 Å². The van der Waals surface area contributed by atoms with Crippen LogP contribution in [0.25, 0.3) is 16.7 Å². The first kappa shape index (κ1) is 10.6. The van der Waals surface area contributed by atoms with E-state index in [4.69, 9.17) is 0 Å². The third-order valence-electron chi connectivity index (χ3n) is 2.53. The van der Waals surface area contributed by atoms with Crippen molar-refractivity contribution in [2.24, 2.45) is 0 Å². The summed E-state index contributed by atoms with van der Waals surface area (Å²) in [6.45, 7) is 5.66. The van der Waals surface area contributed by atoms with E-state index in [2.05, 4.69) is 6.58 Å². The highest BCUT2D eigenvalue weighted by Crippen LogP contribution is 2.29. The van der Waals surface area contributed by atoms with Gasteiger partial charge in [0.25, 0.3) is 0 Å². The SMILES string of the molecule is C=C(C)c1c(F)cccc1-c1ccccc1. The predicted octanol–water partition coefficient (Wildman–Crippen LogP) is 4.53. The van der Waals surface area contributed by atoms with Crippen molar-refractivity contribution in [2.45, 2.75) is 6.92 Å². The first-order valence-corrected chi connectivity index (χ1v) is 5.20. The van der Waals surface area contributed by atoms with Crippen LogP contribution in [0.15, 0.2) is 55.1 Å². The van der Waals surface area contributed by atoms with Crippen LogP contribution in [-0.4, -0.2) is 0 Å². The molecule has 0 atom stereocenters. The van der Waals surface area contributed by atoms with Crippen LogP contribution in [0.5, 0.6) is 0 Å². The number of rotatable bonds is 2. The third kappa shape index (κ3) is 1.89. The normalized spacial score (nSPS) is 10.1. The lowest BCUT2D eigenvalue weighted by Gasteiger charge is -2.10. The number of allylic oxidation sites excluding steroid dienone is 1. The lowest BCUT2D eigenvalue weighted by Crippen LogP contribution is -1.91. The molecule has 0 nitrogen and oxygen atoms in total. The molecule has 0 aliphatic heterocycles. The van der Waals surface area contributed by atoms with Crippen molar-refractivity contribution < 1.29 is 4.39 Å². The summed E-state index contributed by atoms with van der Waals surface area (Å²) in [6, 6.07) is 14.9. The van der Waals surface area contributed by atoms with Crippen molar-refractivity contribution >= 4 is 5.57 Å². The van der Waals surface area contributed by atoms with E-state index in [0.29, 0.717) is 5.56 Å². The zero-order valence-electron chi connectivity index (χ0n) is 9.20. The maximum atomic E-state index is 13.7. The number of halogens is 1. The molecule has 0 fully saturated rings. The molecule has 0 aromatic heterocycles. The van der Waals surface area contributed by atoms with Gasteiger partial charge in [0.05, 0.1) is 0 Å². The Morgan fingerprint density at radius 1 is 1.00 bits per heavy atom. The monoisotopic (exact) mass is 212 g/mol. The van der Waals surface area contributed by atoms with Gasteiger partial charge in [-0.25, -0.2) is 4.39 Å². The fraction of sp³-hybridized carbons (Fsp3) is 0.0667. The molecule has 2 aromatic rings. The first-order chi connectivity index (χ1) is 7.70. The molecule has 80 valence electrons. The van der Waals surface area contributed by atoms with Crippen molar-refractivity contribution in [3.63, 3.8) is 0 Å². The Morgan fingerprint density at radius 3 is 2.31 bits per heavy atom. The summed E-state index contributed by atoms with van der Waals surface area (Å²) in [7, 11) is 0. The molecule has 0 aliphatic carbocycles. The first-order valence-electron chi connectivity index (χ1n) is 5.20. The topological polar surface area (TPSA) is 0 Å². The molecule has 2 aromatic carbocycles. The summed E-state index contributed by atoms with van der Waals surface area (Å²) in [5.74, 6) is -0.214. The summed E-state index contributed by atoms with van der Waals surface area (Å²) in [4.78, 5) is 0. The quantitative estimate of drug-likeness (QED) is 0.686. The lowest BCUT2D eigenvalue weighted by atomic mass is 9.95. The van der Waals surface area contributed by atoms with E-state index < -0.39 is 0 Å². The van der Waals surface area contributed by atoms with E-state index in [1.54, 1.807) is 6.07 Å². The molecule has 0 heterocycles. The largest absolute Gasteiger partial charge is 0.206 e. The third-order valence-corrected chi connectivity index (χ3v) is 2.53.